The number of carbonyl (C=O) groups is 1. The quantitative estimate of drug-likeness (QED) is 0.344. The molecule has 0 saturated heterocycles. The molecular formula is C23H22BrN5O4. The van der Waals surface area contributed by atoms with Crippen LogP contribution in [0.25, 0.3) is 17.0 Å². The molecular weight excluding hydrogens is 490 g/mol. The lowest BCUT2D eigenvalue weighted by atomic mass is 10.1. The van der Waals surface area contributed by atoms with E-state index in [4.69, 9.17) is 14.2 Å². The maximum absolute atomic E-state index is 12.1. The number of aromatic nitrogens is 4. The molecule has 9 nitrogen and oxygen atoms in total. The maximum atomic E-state index is 12.1. The molecule has 0 aliphatic carbocycles. The number of carbonyl (C=O) groups excluding carboxylic acids is 1. The van der Waals surface area contributed by atoms with Gasteiger partial charge >= 0.3 is 0 Å². The molecule has 1 amide bonds. The number of hydrogen-bond acceptors (Lipinski definition) is 7. The van der Waals surface area contributed by atoms with Crippen molar-refractivity contribution in [2.24, 2.45) is 0 Å². The largest absolute Gasteiger partial charge is 0.497 e. The van der Waals surface area contributed by atoms with Gasteiger partial charge < -0.3 is 19.5 Å². The summed E-state index contributed by atoms with van der Waals surface area (Å²) < 4.78 is 19.1. The van der Waals surface area contributed by atoms with Gasteiger partial charge in [0.25, 0.3) is 0 Å². The number of ether oxygens (including phenoxy) is 3. The normalized spacial score (nSPS) is 10.8. The lowest BCUT2D eigenvalue weighted by Crippen LogP contribution is -2.29. The number of benzene rings is 2. The number of amides is 1. The van der Waals surface area contributed by atoms with Crippen LogP contribution in [0.4, 0.5) is 0 Å². The Morgan fingerprint density at radius 2 is 1.85 bits per heavy atom. The number of fused-ring (bicyclic) bond motifs is 1. The molecule has 33 heavy (non-hydrogen) atoms. The van der Waals surface area contributed by atoms with Gasteiger partial charge in [-0.1, -0.05) is 28.1 Å². The molecule has 0 radical (unpaired) electrons. The first kappa shape index (κ1) is 22.5. The molecule has 0 bridgehead atoms. The van der Waals surface area contributed by atoms with Gasteiger partial charge in [-0.25, -0.2) is 0 Å². The summed E-state index contributed by atoms with van der Waals surface area (Å²) in [7, 11) is 3.18. The third-order valence-electron chi connectivity index (χ3n) is 4.84. The van der Waals surface area contributed by atoms with E-state index in [0.717, 1.165) is 10.0 Å². The first-order valence-electron chi connectivity index (χ1n) is 10.2. The minimum absolute atomic E-state index is 0.0736. The van der Waals surface area contributed by atoms with Crippen LogP contribution in [0.15, 0.2) is 59.1 Å². The number of nitrogens with zero attached hydrogens (tertiary/aromatic N) is 4. The van der Waals surface area contributed by atoms with Crippen LogP contribution in [0.3, 0.4) is 0 Å². The Hall–Kier alpha value is -3.66. The third-order valence-corrected chi connectivity index (χ3v) is 5.37. The second-order valence-corrected chi connectivity index (χ2v) is 7.95. The Morgan fingerprint density at radius 3 is 2.61 bits per heavy atom. The van der Waals surface area contributed by atoms with Crippen molar-refractivity contribution in [2.75, 3.05) is 27.4 Å². The average Bonchev–Trinajstić information content (AvgIpc) is 3.26. The highest BCUT2D eigenvalue weighted by Gasteiger charge is 2.16. The molecule has 0 saturated carbocycles. The fourth-order valence-corrected chi connectivity index (χ4v) is 3.47. The topological polar surface area (TPSA) is 99.9 Å². The molecule has 0 unspecified atom stereocenters. The van der Waals surface area contributed by atoms with Gasteiger partial charge in [0, 0.05) is 10.5 Å². The summed E-state index contributed by atoms with van der Waals surface area (Å²) in [4.78, 5) is 12.1. The summed E-state index contributed by atoms with van der Waals surface area (Å²) in [5.41, 5.74) is 2.19. The summed E-state index contributed by atoms with van der Waals surface area (Å²) in [5, 5.41) is 15.8. The lowest BCUT2D eigenvalue weighted by molar-refractivity contribution is -0.120. The zero-order chi connectivity index (χ0) is 23.2. The summed E-state index contributed by atoms with van der Waals surface area (Å²) in [5.74, 6) is 2.08. The predicted molar refractivity (Wildman–Crippen MR) is 126 cm³/mol. The Kier molecular flexibility index (Phi) is 7.04. The number of halogens is 1. The highest BCUT2D eigenvalue weighted by Crippen LogP contribution is 2.32. The number of rotatable bonds is 9. The zero-order valence-electron chi connectivity index (χ0n) is 18.1. The van der Waals surface area contributed by atoms with Crippen molar-refractivity contribution in [1.29, 1.82) is 0 Å². The van der Waals surface area contributed by atoms with E-state index in [2.05, 4.69) is 36.5 Å². The van der Waals surface area contributed by atoms with E-state index in [1.54, 1.807) is 43.0 Å². The summed E-state index contributed by atoms with van der Waals surface area (Å²) >= 11 is 3.38. The second-order valence-electron chi connectivity index (χ2n) is 7.03. The summed E-state index contributed by atoms with van der Waals surface area (Å²) in [6.07, 6.45) is 0.309. The first-order chi connectivity index (χ1) is 16.1. The number of nitrogens with one attached hydrogen (secondary N) is 1. The van der Waals surface area contributed by atoms with Crippen LogP contribution >= 0.6 is 15.9 Å². The average molecular weight is 512 g/mol. The molecule has 0 atom stereocenters. The molecule has 0 fully saturated rings. The van der Waals surface area contributed by atoms with Crippen molar-refractivity contribution in [1.82, 2.24) is 25.1 Å². The Bertz CT molecular complexity index is 1260. The maximum Gasteiger partial charge on any atom is 0.231 e. The zero-order valence-corrected chi connectivity index (χ0v) is 19.7. The molecule has 1 N–H and O–H groups in total. The van der Waals surface area contributed by atoms with Gasteiger partial charge in [-0.3, -0.25) is 4.79 Å². The molecule has 2 aromatic carbocycles. The van der Waals surface area contributed by atoms with Crippen LogP contribution in [0.2, 0.25) is 0 Å². The monoisotopic (exact) mass is 511 g/mol. The van der Waals surface area contributed by atoms with Crippen molar-refractivity contribution in [3.8, 4) is 28.8 Å². The smallest absolute Gasteiger partial charge is 0.231 e. The fourth-order valence-electron chi connectivity index (χ4n) is 3.20. The second kappa shape index (κ2) is 10.3. The Morgan fingerprint density at radius 1 is 1.03 bits per heavy atom. The minimum atomic E-state index is -0.0736. The Balaban J connectivity index is 1.40. The van der Waals surface area contributed by atoms with Gasteiger partial charge in [0.1, 0.15) is 18.1 Å². The van der Waals surface area contributed by atoms with Crippen LogP contribution in [-0.2, 0) is 11.2 Å². The Labute approximate surface area is 198 Å². The SMILES string of the molecule is COc1ccc(OC)c(-c2nnc3ccc(OCCNC(=O)Cc4ccc(Br)cc4)nn23)c1. The summed E-state index contributed by atoms with van der Waals surface area (Å²) in [6.45, 7) is 0.623. The van der Waals surface area contributed by atoms with E-state index in [1.165, 1.54) is 0 Å². The molecule has 2 aromatic heterocycles. The van der Waals surface area contributed by atoms with E-state index in [9.17, 15) is 4.79 Å². The summed E-state index contributed by atoms with van der Waals surface area (Å²) in [6, 6.07) is 16.5. The number of methoxy groups -OCH3 is 2. The molecule has 0 aliphatic heterocycles. The van der Waals surface area contributed by atoms with Gasteiger partial charge in [-0.05, 0) is 42.0 Å². The van der Waals surface area contributed by atoms with Gasteiger partial charge in [-0.2, -0.15) is 4.52 Å². The van der Waals surface area contributed by atoms with E-state index in [-0.39, 0.29) is 12.5 Å². The van der Waals surface area contributed by atoms with Crippen LogP contribution < -0.4 is 19.5 Å². The van der Waals surface area contributed by atoms with Crippen molar-refractivity contribution in [3.05, 3.63) is 64.6 Å². The third kappa shape index (κ3) is 5.40. The van der Waals surface area contributed by atoms with Gasteiger partial charge in [0.05, 0.1) is 32.7 Å². The standard InChI is InChI=1S/C23H22BrN5O4/c1-31-17-7-8-19(32-2)18(14-17)23-27-26-20-9-10-22(28-29(20)23)33-12-11-25-21(30)13-15-3-5-16(24)6-4-15/h3-10,14H,11-13H2,1-2H3,(H,25,30). The van der Waals surface area contributed by atoms with Gasteiger partial charge in [-0.15, -0.1) is 15.3 Å². The van der Waals surface area contributed by atoms with Gasteiger partial charge in [0.2, 0.25) is 11.8 Å². The highest BCUT2D eigenvalue weighted by atomic mass is 79.9. The first-order valence-corrected chi connectivity index (χ1v) is 11.0. The van der Waals surface area contributed by atoms with Crippen molar-refractivity contribution in [2.45, 2.75) is 6.42 Å². The van der Waals surface area contributed by atoms with Crippen LogP contribution in [0.5, 0.6) is 17.4 Å². The van der Waals surface area contributed by atoms with Crippen molar-refractivity contribution in [3.63, 3.8) is 0 Å². The number of hydrogen-bond donors (Lipinski definition) is 1. The van der Waals surface area contributed by atoms with Crippen LogP contribution in [0.1, 0.15) is 5.56 Å². The van der Waals surface area contributed by atoms with Gasteiger partial charge in [0.15, 0.2) is 11.5 Å². The van der Waals surface area contributed by atoms with E-state index < -0.39 is 0 Å². The fraction of sp³-hybridized carbons (Fsp3) is 0.217. The molecule has 2 heterocycles. The van der Waals surface area contributed by atoms with E-state index in [0.29, 0.717) is 47.4 Å². The van der Waals surface area contributed by atoms with E-state index in [1.807, 2.05) is 30.3 Å². The molecule has 0 aliphatic rings. The molecule has 10 heteroatoms. The molecule has 0 spiro atoms. The minimum Gasteiger partial charge on any atom is -0.497 e. The molecule has 4 aromatic rings. The van der Waals surface area contributed by atoms with Crippen LogP contribution in [-0.4, -0.2) is 53.1 Å². The van der Waals surface area contributed by atoms with Crippen molar-refractivity contribution < 1.29 is 19.0 Å². The lowest BCUT2D eigenvalue weighted by Gasteiger charge is -2.10. The van der Waals surface area contributed by atoms with Crippen molar-refractivity contribution >= 4 is 27.5 Å². The van der Waals surface area contributed by atoms with E-state index >= 15 is 0 Å². The van der Waals surface area contributed by atoms with Crippen LogP contribution in [0, 0.1) is 0 Å². The molecule has 170 valence electrons. The highest BCUT2D eigenvalue weighted by molar-refractivity contribution is 9.10. The predicted octanol–water partition coefficient (Wildman–Crippen LogP) is 3.31. The molecule has 4 rings (SSSR count).